The third-order valence-electron chi connectivity index (χ3n) is 6.75. The zero-order valence-corrected chi connectivity index (χ0v) is 24.7. The van der Waals surface area contributed by atoms with Crippen LogP contribution in [0.25, 0.3) is 0 Å². The Kier molecular flexibility index (Phi) is 10.1. The molecular weight excluding hydrogens is 574 g/mol. The van der Waals surface area contributed by atoms with Crippen LogP contribution in [0, 0.1) is 11.8 Å². The predicted molar refractivity (Wildman–Crippen MR) is 151 cm³/mol. The molecule has 2 aromatic rings. The molecule has 0 saturated carbocycles. The van der Waals surface area contributed by atoms with E-state index in [1.165, 1.54) is 11.8 Å². The van der Waals surface area contributed by atoms with Crippen molar-refractivity contribution in [2.24, 2.45) is 11.8 Å². The summed E-state index contributed by atoms with van der Waals surface area (Å²) in [6.45, 7) is 9.93. The maximum absolute atomic E-state index is 13.6. The number of nitrogens with one attached hydrogen (secondary N) is 1. The van der Waals surface area contributed by atoms with Crippen molar-refractivity contribution in [1.29, 1.82) is 0 Å². The van der Waals surface area contributed by atoms with E-state index in [0.717, 1.165) is 60.0 Å². The molecule has 2 aliphatic rings. The summed E-state index contributed by atoms with van der Waals surface area (Å²) in [7, 11) is -3.70. The van der Waals surface area contributed by atoms with Crippen LogP contribution in [0.2, 0.25) is 0 Å². The lowest BCUT2D eigenvalue weighted by Crippen LogP contribution is -2.42. The first kappa shape index (κ1) is 28.6. The fourth-order valence-electron chi connectivity index (χ4n) is 4.94. The first-order valence-electron chi connectivity index (χ1n) is 12.9. The molecule has 202 valence electrons. The first-order valence-corrected chi connectivity index (χ1v) is 15.9. The number of carbonyl (C=O) groups excluding carboxylic acids is 1. The summed E-state index contributed by atoms with van der Waals surface area (Å²) >= 11 is 4.91. The molecule has 2 saturated heterocycles. The highest BCUT2D eigenvalue weighted by atomic mass is 79.9. The Bertz CT molecular complexity index is 1160. The summed E-state index contributed by atoms with van der Waals surface area (Å²) < 4.78 is 35.1. The van der Waals surface area contributed by atoms with E-state index >= 15 is 0 Å². The van der Waals surface area contributed by atoms with Crippen LogP contribution < -0.4 is 5.32 Å². The van der Waals surface area contributed by atoms with Gasteiger partial charge in [0.2, 0.25) is 10.0 Å². The van der Waals surface area contributed by atoms with E-state index in [1.807, 2.05) is 24.3 Å². The van der Waals surface area contributed by atoms with Gasteiger partial charge in [0.1, 0.15) is 0 Å². The van der Waals surface area contributed by atoms with Crippen molar-refractivity contribution in [3.63, 3.8) is 0 Å². The van der Waals surface area contributed by atoms with Crippen LogP contribution in [0.15, 0.2) is 61.6 Å². The Labute approximate surface area is 233 Å². The summed E-state index contributed by atoms with van der Waals surface area (Å²) in [6.07, 6.45) is 1.84. The molecule has 1 N–H and O–H groups in total. The number of rotatable bonds is 9. The van der Waals surface area contributed by atoms with Crippen LogP contribution in [0.1, 0.15) is 37.0 Å². The van der Waals surface area contributed by atoms with Crippen molar-refractivity contribution in [3.05, 3.63) is 52.5 Å². The summed E-state index contributed by atoms with van der Waals surface area (Å²) in [5, 5.41) is 3.02. The summed E-state index contributed by atoms with van der Waals surface area (Å²) in [6, 6.07) is 12.8. The van der Waals surface area contributed by atoms with Crippen LogP contribution in [0.4, 0.5) is 0 Å². The maximum Gasteiger partial charge on any atom is 0.252 e. The molecule has 2 aromatic carbocycles. The molecule has 10 heteroatoms. The van der Waals surface area contributed by atoms with Gasteiger partial charge < -0.3 is 10.1 Å². The molecule has 37 heavy (non-hydrogen) atoms. The number of morpholine rings is 1. The molecule has 7 nitrogen and oxygen atoms in total. The second-order valence-electron chi connectivity index (χ2n) is 10.0. The highest BCUT2D eigenvalue weighted by Gasteiger charge is 2.32. The number of hydrogen-bond acceptors (Lipinski definition) is 6. The van der Waals surface area contributed by atoms with Gasteiger partial charge in [-0.3, -0.25) is 9.69 Å². The molecule has 2 heterocycles. The average molecular weight is 611 g/mol. The molecular formula is C27H36BrN3O4S2. The number of sulfonamides is 1. The van der Waals surface area contributed by atoms with Crippen molar-refractivity contribution in [2.75, 3.05) is 52.5 Å². The van der Waals surface area contributed by atoms with Gasteiger partial charge in [-0.1, -0.05) is 41.5 Å². The van der Waals surface area contributed by atoms with Gasteiger partial charge in [-0.25, -0.2) is 8.42 Å². The van der Waals surface area contributed by atoms with Crippen molar-refractivity contribution in [3.8, 4) is 0 Å². The van der Waals surface area contributed by atoms with E-state index in [1.54, 1.807) is 22.5 Å². The van der Waals surface area contributed by atoms with Gasteiger partial charge >= 0.3 is 0 Å². The Hall–Kier alpha value is -1.43. The van der Waals surface area contributed by atoms with Gasteiger partial charge in [0, 0.05) is 47.0 Å². The standard InChI is InChI=1S/C27H36BrN3O4S2/c1-20-16-21(2)19-31(18-20)37(33,34)24-8-9-26(36-23-6-4-22(28)5-7-23)25(17-24)27(32)29-10-3-11-30-12-14-35-15-13-30/h4-9,17,20-21H,3,10-16,18-19H2,1-2H3,(H,29,32)/t20-,21+. The summed E-state index contributed by atoms with van der Waals surface area (Å²) in [5.41, 5.74) is 0.387. The zero-order valence-electron chi connectivity index (χ0n) is 21.5. The van der Waals surface area contributed by atoms with E-state index in [2.05, 4.69) is 40.0 Å². The minimum atomic E-state index is -3.70. The topological polar surface area (TPSA) is 79.0 Å². The van der Waals surface area contributed by atoms with Gasteiger partial charge in [-0.15, -0.1) is 0 Å². The van der Waals surface area contributed by atoms with Crippen molar-refractivity contribution >= 4 is 43.6 Å². The molecule has 0 aliphatic carbocycles. The average Bonchev–Trinajstić information content (AvgIpc) is 2.88. The van der Waals surface area contributed by atoms with Gasteiger partial charge in [-0.05, 0) is 73.7 Å². The first-order chi connectivity index (χ1) is 17.7. The monoisotopic (exact) mass is 609 g/mol. The van der Waals surface area contributed by atoms with Crippen LogP contribution in [0.3, 0.4) is 0 Å². The fraction of sp³-hybridized carbons (Fsp3) is 0.519. The van der Waals surface area contributed by atoms with Crippen LogP contribution in [0.5, 0.6) is 0 Å². The highest BCUT2D eigenvalue weighted by Crippen LogP contribution is 2.34. The Morgan fingerprint density at radius 1 is 1.08 bits per heavy atom. The molecule has 1 amide bonds. The molecule has 2 aliphatic heterocycles. The number of carbonyl (C=O) groups is 1. The SMILES string of the molecule is C[C@@H]1C[C@H](C)CN(S(=O)(=O)c2ccc(Sc3ccc(Br)cc3)c(C(=O)NCCCN3CCOCC3)c2)C1. The van der Waals surface area contributed by atoms with E-state index in [4.69, 9.17) is 4.74 Å². The normalized spacial score (nSPS) is 21.6. The van der Waals surface area contributed by atoms with E-state index in [-0.39, 0.29) is 10.8 Å². The molecule has 2 atom stereocenters. The van der Waals surface area contributed by atoms with E-state index in [9.17, 15) is 13.2 Å². The van der Waals surface area contributed by atoms with Gasteiger partial charge in [-0.2, -0.15) is 4.31 Å². The molecule has 4 rings (SSSR count). The second-order valence-corrected chi connectivity index (χ2v) is 14.0. The zero-order chi connectivity index (χ0) is 26.4. The number of benzene rings is 2. The lowest BCUT2D eigenvalue weighted by molar-refractivity contribution is 0.0374. The lowest BCUT2D eigenvalue weighted by Gasteiger charge is -2.34. The number of hydrogen-bond donors (Lipinski definition) is 1. The molecule has 0 bridgehead atoms. The lowest BCUT2D eigenvalue weighted by atomic mass is 9.94. The van der Waals surface area contributed by atoms with E-state index in [0.29, 0.717) is 37.0 Å². The van der Waals surface area contributed by atoms with Crippen LogP contribution in [-0.2, 0) is 14.8 Å². The van der Waals surface area contributed by atoms with E-state index < -0.39 is 10.0 Å². The molecule has 0 spiro atoms. The van der Waals surface area contributed by atoms with Crippen molar-refractivity contribution in [1.82, 2.24) is 14.5 Å². The number of nitrogens with zero attached hydrogens (tertiary/aromatic N) is 2. The van der Waals surface area contributed by atoms with Gasteiger partial charge in [0.15, 0.2) is 0 Å². The second kappa shape index (κ2) is 13.1. The fourth-order valence-corrected chi connectivity index (χ4v) is 7.84. The van der Waals surface area contributed by atoms with Gasteiger partial charge in [0.25, 0.3) is 5.91 Å². The summed E-state index contributed by atoms with van der Waals surface area (Å²) in [5.74, 6) is 0.360. The van der Waals surface area contributed by atoms with Crippen LogP contribution >= 0.6 is 27.7 Å². The predicted octanol–water partition coefficient (Wildman–Crippen LogP) is 4.72. The smallest absolute Gasteiger partial charge is 0.252 e. The molecule has 0 radical (unpaired) electrons. The van der Waals surface area contributed by atoms with Crippen LogP contribution in [-0.4, -0.2) is 76.0 Å². The minimum absolute atomic E-state index is 0.174. The molecule has 0 aromatic heterocycles. The Morgan fingerprint density at radius 2 is 1.76 bits per heavy atom. The highest BCUT2D eigenvalue weighted by molar-refractivity contribution is 9.10. The number of halogens is 1. The largest absolute Gasteiger partial charge is 0.379 e. The third kappa shape index (κ3) is 7.80. The van der Waals surface area contributed by atoms with Crippen molar-refractivity contribution < 1.29 is 17.9 Å². The Balaban J connectivity index is 1.53. The third-order valence-corrected chi connectivity index (χ3v) is 10.2. The van der Waals surface area contributed by atoms with Crippen molar-refractivity contribution in [2.45, 2.75) is 41.4 Å². The number of piperidine rings is 1. The maximum atomic E-state index is 13.6. The van der Waals surface area contributed by atoms with Gasteiger partial charge in [0.05, 0.1) is 23.7 Å². The summed E-state index contributed by atoms with van der Waals surface area (Å²) in [4.78, 5) is 17.6. The molecule has 0 unspecified atom stereocenters. The molecule has 2 fully saturated rings. The minimum Gasteiger partial charge on any atom is -0.379 e. The quantitative estimate of drug-likeness (QED) is 0.415. The Morgan fingerprint density at radius 3 is 2.43 bits per heavy atom. The number of ether oxygens (including phenoxy) is 1. The number of amides is 1.